The lowest BCUT2D eigenvalue weighted by Crippen LogP contribution is -2.26. The lowest BCUT2D eigenvalue weighted by Gasteiger charge is -2.18. The third kappa shape index (κ3) is 4.07. The molecule has 0 saturated heterocycles. The van der Waals surface area contributed by atoms with Crippen molar-refractivity contribution in [3.63, 3.8) is 0 Å². The highest BCUT2D eigenvalue weighted by Gasteiger charge is 2.13. The van der Waals surface area contributed by atoms with E-state index < -0.39 is 0 Å². The van der Waals surface area contributed by atoms with E-state index in [0.29, 0.717) is 12.1 Å². The second-order valence-corrected chi connectivity index (χ2v) is 5.96. The number of carbonyl (C=O) groups is 1. The van der Waals surface area contributed by atoms with Crippen LogP contribution in [0.2, 0.25) is 0 Å². The summed E-state index contributed by atoms with van der Waals surface area (Å²) in [6.07, 6.45) is 0. The van der Waals surface area contributed by atoms with Crippen LogP contribution >= 0.6 is 0 Å². The van der Waals surface area contributed by atoms with Crippen molar-refractivity contribution >= 4 is 5.91 Å². The molecule has 3 aromatic rings. The Morgan fingerprint density at radius 3 is 2.36 bits per heavy atom. The summed E-state index contributed by atoms with van der Waals surface area (Å²) in [5.74, 6) is 0.796. The average Bonchev–Trinajstić information content (AvgIpc) is 2.68. The number of carbonyl (C=O) groups excluding carboxylic acids is 1. The molecule has 3 heteroatoms. The van der Waals surface area contributed by atoms with E-state index in [1.54, 1.807) is 12.0 Å². The van der Waals surface area contributed by atoms with E-state index in [4.69, 9.17) is 4.74 Å². The van der Waals surface area contributed by atoms with Gasteiger partial charge in [-0.15, -0.1) is 0 Å². The Hall–Kier alpha value is -3.07. The van der Waals surface area contributed by atoms with Gasteiger partial charge in [0.1, 0.15) is 5.75 Å². The number of rotatable bonds is 5. The van der Waals surface area contributed by atoms with Gasteiger partial charge in [0.2, 0.25) is 0 Å². The third-order valence-corrected chi connectivity index (χ3v) is 4.12. The molecule has 3 nitrogen and oxygen atoms in total. The number of benzene rings is 3. The van der Waals surface area contributed by atoms with Gasteiger partial charge in [-0.05, 0) is 41.0 Å². The van der Waals surface area contributed by atoms with E-state index in [2.05, 4.69) is 0 Å². The Labute approximate surface area is 148 Å². The molecule has 0 aromatic heterocycles. The van der Waals surface area contributed by atoms with Crippen LogP contribution in [0.1, 0.15) is 15.9 Å². The lowest BCUT2D eigenvalue weighted by atomic mass is 10.0. The first kappa shape index (κ1) is 16.8. The first-order chi connectivity index (χ1) is 12.2. The number of ether oxygens (including phenoxy) is 1. The van der Waals surface area contributed by atoms with Crippen molar-refractivity contribution in [1.29, 1.82) is 0 Å². The van der Waals surface area contributed by atoms with Crippen molar-refractivity contribution in [3.05, 3.63) is 90.0 Å². The first-order valence-electron chi connectivity index (χ1n) is 8.21. The topological polar surface area (TPSA) is 29.5 Å². The minimum absolute atomic E-state index is 0.000557. The van der Waals surface area contributed by atoms with Gasteiger partial charge in [0.05, 0.1) is 7.11 Å². The maximum atomic E-state index is 12.8. The summed E-state index contributed by atoms with van der Waals surface area (Å²) in [4.78, 5) is 14.5. The van der Waals surface area contributed by atoms with Crippen molar-refractivity contribution in [2.24, 2.45) is 0 Å². The predicted molar refractivity (Wildman–Crippen MR) is 101 cm³/mol. The van der Waals surface area contributed by atoms with Crippen molar-refractivity contribution in [2.75, 3.05) is 14.2 Å². The zero-order valence-electron chi connectivity index (χ0n) is 14.5. The normalized spacial score (nSPS) is 10.3. The van der Waals surface area contributed by atoms with Gasteiger partial charge in [0.25, 0.3) is 5.91 Å². The fourth-order valence-electron chi connectivity index (χ4n) is 2.80. The van der Waals surface area contributed by atoms with Crippen LogP contribution < -0.4 is 4.74 Å². The Bertz CT molecular complexity index is 859. The average molecular weight is 331 g/mol. The van der Waals surface area contributed by atoms with Gasteiger partial charge in [-0.1, -0.05) is 54.6 Å². The summed E-state index contributed by atoms with van der Waals surface area (Å²) in [6, 6.07) is 25.6. The molecule has 0 N–H and O–H groups in total. The molecule has 0 unspecified atom stereocenters. The summed E-state index contributed by atoms with van der Waals surface area (Å²) in [7, 11) is 3.46. The van der Waals surface area contributed by atoms with Crippen molar-refractivity contribution < 1.29 is 9.53 Å². The molecular weight excluding hydrogens is 310 g/mol. The maximum absolute atomic E-state index is 12.8. The Morgan fingerprint density at radius 1 is 0.880 bits per heavy atom. The lowest BCUT2D eigenvalue weighted by molar-refractivity contribution is 0.0785. The number of hydrogen-bond donors (Lipinski definition) is 0. The van der Waals surface area contributed by atoms with Crippen LogP contribution in [0.5, 0.6) is 5.75 Å². The minimum Gasteiger partial charge on any atom is -0.497 e. The van der Waals surface area contributed by atoms with Gasteiger partial charge < -0.3 is 9.64 Å². The van der Waals surface area contributed by atoms with Gasteiger partial charge >= 0.3 is 0 Å². The molecule has 0 fully saturated rings. The second-order valence-electron chi connectivity index (χ2n) is 5.96. The van der Waals surface area contributed by atoms with Crippen LogP contribution in [0, 0.1) is 0 Å². The van der Waals surface area contributed by atoms with Crippen LogP contribution in [-0.2, 0) is 6.54 Å². The summed E-state index contributed by atoms with van der Waals surface area (Å²) in [6.45, 7) is 0.533. The van der Waals surface area contributed by atoms with E-state index >= 15 is 0 Å². The maximum Gasteiger partial charge on any atom is 0.253 e. The predicted octanol–water partition coefficient (Wildman–Crippen LogP) is 4.63. The van der Waals surface area contributed by atoms with E-state index in [1.165, 1.54) is 0 Å². The molecule has 3 aromatic carbocycles. The van der Waals surface area contributed by atoms with Crippen LogP contribution in [0.25, 0.3) is 11.1 Å². The summed E-state index contributed by atoms with van der Waals surface area (Å²) >= 11 is 0. The van der Waals surface area contributed by atoms with Gasteiger partial charge in [-0.25, -0.2) is 0 Å². The molecule has 0 aliphatic heterocycles. The number of methoxy groups -OCH3 is 1. The van der Waals surface area contributed by atoms with Crippen LogP contribution in [0.3, 0.4) is 0 Å². The molecule has 0 spiro atoms. The van der Waals surface area contributed by atoms with Crippen molar-refractivity contribution in [2.45, 2.75) is 6.54 Å². The molecule has 1 amide bonds. The van der Waals surface area contributed by atoms with E-state index in [1.807, 2.05) is 85.9 Å². The second kappa shape index (κ2) is 7.67. The number of hydrogen-bond acceptors (Lipinski definition) is 2. The van der Waals surface area contributed by atoms with E-state index in [9.17, 15) is 4.79 Å². The molecule has 0 bridgehead atoms. The van der Waals surface area contributed by atoms with Gasteiger partial charge in [0, 0.05) is 19.2 Å². The molecule has 0 saturated carbocycles. The SMILES string of the molecule is COc1cccc(CN(C)C(=O)c2cccc(-c3ccccc3)c2)c1. The third-order valence-electron chi connectivity index (χ3n) is 4.12. The van der Waals surface area contributed by atoms with Gasteiger partial charge in [-0.3, -0.25) is 4.79 Å². The van der Waals surface area contributed by atoms with Gasteiger partial charge in [-0.2, -0.15) is 0 Å². The number of nitrogens with zero attached hydrogens (tertiary/aromatic N) is 1. The number of amides is 1. The standard InChI is InChI=1S/C22H21NO2/c1-23(16-17-8-6-13-21(14-17)25-2)22(24)20-12-7-11-19(15-20)18-9-4-3-5-10-18/h3-15H,16H2,1-2H3. The smallest absolute Gasteiger partial charge is 0.253 e. The quantitative estimate of drug-likeness (QED) is 0.682. The molecule has 0 heterocycles. The molecular formula is C22H21NO2. The summed E-state index contributed by atoms with van der Waals surface area (Å²) in [5, 5.41) is 0. The van der Waals surface area contributed by atoms with Crippen molar-refractivity contribution in [1.82, 2.24) is 4.90 Å². The Kier molecular flexibility index (Phi) is 5.14. The minimum atomic E-state index is 0.000557. The largest absolute Gasteiger partial charge is 0.497 e. The van der Waals surface area contributed by atoms with Crippen LogP contribution in [0.4, 0.5) is 0 Å². The molecule has 0 atom stereocenters. The molecule has 0 aliphatic rings. The Morgan fingerprint density at radius 2 is 1.60 bits per heavy atom. The monoisotopic (exact) mass is 331 g/mol. The fraction of sp³-hybridized carbons (Fsp3) is 0.136. The molecule has 0 aliphatic carbocycles. The highest BCUT2D eigenvalue weighted by Crippen LogP contribution is 2.21. The molecule has 126 valence electrons. The first-order valence-corrected chi connectivity index (χ1v) is 8.21. The van der Waals surface area contributed by atoms with E-state index in [0.717, 1.165) is 22.4 Å². The zero-order valence-corrected chi connectivity index (χ0v) is 14.5. The van der Waals surface area contributed by atoms with Crippen LogP contribution in [-0.4, -0.2) is 25.0 Å². The molecule has 25 heavy (non-hydrogen) atoms. The van der Waals surface area contributed by atoms with Gasteiger partial charge in [0.15, 0.2) is 0 Å². The summed E-state index contributed by atoms with van der Waals surface area (Å²) < 4.78 is 5.24. The zero-order chi connectivity index (χ0) is 17.6. The van der Waals surface area contributed by atoms with Crippen LogP contribution in [0.15, 0.2) is 78.9 Å². The fourth-order valence-corrected chi connectivity index (χ4v) is 2.80. The van der Waals surface area contributed by atoms with Crippen molar-refractivity contribution in [3.8, 4) is 16.9 Å². The van der Waals surface area contributed by atoms with E-state index in [-0.39, 0.29) is 5.91 Å². The summed E-state index contributed by atoms with van der Waals surface area (Å²) in [5.41, 5.74) is 3.87. The molecule has 0 radical (unpaired) electrons. The highest BCUT2D eigenvalue weighted by atomic mass is 16.5. The molecule has 3 rings (SSSR count). The Balaban J connectivity index is 1.78. The highest BCUT2D eigenvalue weighted by molar-refractivity contribution is 5.95.